The Balaban J connectivity index is 0. The highest BCUT2D eigenvalue weighted by Crippen LogP contribution is 2.62. The number of hydrogen-bond donors (Lipinski definition) is 0. The average molecular weight is 1320 g/mol. The van der Waals surface area contributed by atoms with Crippen molar-refractivity contribution in [3.8, 4) is 0 Å². The highest BCUT2D eigenvalue weighted by Gasteiger charge is 2.88. The summed E-state index contributed by atoms with van der Waals surface area (Å²) in [4.78, 5) is 22.5. The van der Waals surface area contributed by atoms with E-state index < -0.39 is 157 Å². The van der Waals surface area contributed by atoms with Gasteiger partial charge >= 0.3 is 133 Å². The van der Waals surface area contributed by atoms with Crippen LogP contribution in [0.2, 0.25) is 0 Å². The molecule has 80 heavy (non-hydrogen) atoms. The molecule has 0 saturated carbocycles. The van der Waals surface area contributed by atoms with Crippen LogP contribution >= 0.6 is 0 Å². The van der Waals surface area contributed by atoms with Crippen LogP contribution in [0.4, 0.5) is 211 Å². The molecule has 0 spiro atoms. The smallest absolute Gasteiger partial charge is 0.292 e. The summed E-state index contributed by atoms with van der Waals surface area (Å²) in [5.74, 6) is -89.8. The minimum absolute atomic E-state index is 1.05. The quantitative estimate of drug-likeness (QED) is 0.0894. The van der Waals surface area contributed by atoms with Crippen molar-refractivity contribution in [2.45, 2.75) is 146 Å². The molecule has 54 heteroatoms. The van der Waals surface area contributed by atoms with Gasteiger partial charge in [0.1, 0.15) is 0 Å². The first kappa shape index (κ1) is 77.9. The number of Topliss-reactive ketones (excluding diaryl/α,β-unsaturated/α-hetero) is 2. The molecule has 0 bridgehead atoms. The summed E-state index contributed by atoms with van der Waals surface area (Å²) in [5.41, 5.74) is 0. The molecule has 4 unspecified atom stereocenters. The summed E-state index contributed by atoms with van der Waals surface area (Å²) in [5, 5.41) is 0. The topological polar surface area (TPSA) is 71.1 Å². The maximum Gasteiger partial charge on any atom is 0.462 e. The summed E-state index contributed by atoms with van der Waals surface area (Å²) in [6.07, 6.45) is -105. The van der Waals surface area contributed by atoms with Gasteiger partial charge in [0.25, 0.3) is 0 Å². The van der Waals surface area contributed by atoms with Crippen molar-refractivity contribution >= 4 is 11.6 Å². The van der Waals surface area contributed by atoms with Crippen molar-refractivity contribution in [3.63, 3.8) is 0 Å². The van der Waals surface area contributed by atoms with Gasteiger partial charge in [-0.1, -0.05) is 0 Å². The molecule has 0 aromatic heterocycles. The van der Waals surface area contributed by atoms with Crippen molar-refractivity contribution in [3.05, 3.63) is 0 Å². The predicted octanol–water partition coefficient (Wildman–Crippen LogP) is 15.3. The molecule has 0 heterocycles. The number of carbonyl (C=O) groups excluding carboxylic acids is 2. The molecule has 480 valence electrons. The Morgan fingerprint density at radius 3 is 0.525 bits per heavy atom. The van der Waals surface area contributed by atoms with Crippen LogP contribution < -0.4 is 0 Å². The normalized spacial score (nSPS) is 18.8. The molecule has 0 aromatic carbocycles. The molecule has 0 saturated heterocycles. The summed E-state index contributed by atoms with van der Waals surface area (Å²) in [6, 6.07) is 0. The number of hydrogen-bond acceptors (Lipinski definition) is 6. The van der Waals surface area contributed by atoms with Crippen LogP contribution in [0.5, 0.6) is 0 Å². The maximum absolute atomic E-state index is 13.9. The minimum Gasteiger partial charge on any atom is -0.292 e. The maximum atomic E-state index is 13.9. The van der Waals surface area contributed by atoms with E-state index in [4.69, 9.17) is 0 Å². The Bertz CT molecular complexity index is 2000. The van der Waals surface area contributed by atoms with Gasteiger partial charge in [0, 0.05) is 0 Å². The molecule has 0 aliphatic carbocycles. The third kappa shape index (κ3) is 13.9. The summed E-state index contributed by atoms with van der Waals surface area (Å²) in [6.45, 7) is 0. The number of carbonyl (C=O) groups is 2. The minimum atomic E-state index is -8.51. The number of alkyl halides is 48. The largest absolute Gasteiger partial charge is 0.462 e. The Kier molecular flexibility index (Phi) is 20.3. The highest BCUT2D eigenvalue weighted by atomic mass is 19.5. The second-order valence-electron chi connectivity index (χ2n) is 13.7. The number of rotatable bonds is 20. The lowest BCUT2D eigenvalue weighted by molar-refractivity contribution is -0.524. The fraction of sp³-hybridized carbons (Fsp3) is 0.923. The molecule has 0 amide bonds. The SMILES string of the molecule is FC(F)(F)C(F)(F)C(F)(F)OC(F)(C(F)(F)F)C(F)(F)CC(F)(F)C(F)(OC(F)(F)C(F)(F)C(F)(F)F)C(F)(F)F.O=C(CC(=O)C(F)(OC(F)(F)C(F)(F)C(F)(F)F)C(F)(F)F)C(F)(OC(F)(F)C(F)(F)C(F)(F)F)C(F)(F)F. The number of ether oxygens (including phenoxy) is 4. The van der Waals surface area contributed by atoms with Crippen LogP contribution in [-0.4, -0.2) is 144 Å². The molecule has 6 nitrogen and oxygen atoms in total. The van der Waals surface area contributed by atoms with Crippen LogP contribution in [0.1, 0.15) is 12.8 Å². The third-order valence-electron chi connectivity index (χ3n) is 7.84. The first-order chi connectivity index (χ1) is 33.6. The van der Waals surface area contributed by atoms with E-state index >= 15 is 0 Å². The van der Waals surface area contributed by atoms with E-state index in [0.717, 1.165) is 9.47 Å². The standard InChI is InChI=1S/C13H2F26O2.C13H2F22O4/c14-2(15,6(22,10(30,31)32)40-12(36,37)4(18,19)8(24,25)26)1-3(16,17)7(23,11(33,34)35)41-13(38,39)5(20,21)9(27,28)29;14-4(8(20,21)22,38-12(32,33)6(16,17)10(26,27)28)2(36)1-3(37)5(15,9(23,24)25)39-13(34,35)7(18,19)11(29,30)31/h1H2;1H2. The third-order valence-corrected chi connectivity index (χ3v) is 7.84. The number of ketones is 2. The van der Waals surface area contributed by atoms with Gasteiger partial charge in [0.05, 0.1) is 12.8 Å². The van der Waals surface area contributed by atoms with E-state index in [1.165, 1.54) is 9.47 Å². The van der Waals surface area contributed by atoms with E-state index in [2.05, 4.69) is 0 Å². The monoisotopic (exact) mass is 1320 g/mol. The van der Waals surface area contributed by atoms with Gasteiger partial charge in [0.2, 0.25) is 11.6 Å². The zero-order chi connectivity index (χ0) is 66.4. The van der Waals surface area contributed by atoms with E-state index in [-0.39, 0.29) is 0 Å². The van der Waals surface area contributed by atoms with Crippen molar-refractivity contribution in [1.82, 2.24) is 0 Å². The van der Waals surface area contributed by atoms with E-state index in [1.54, 1.807) is 0 Å². The molecule has 0 fully saturated rings. The Morgan fingerprint density at radius 2 is 0.388 bits per heavy atom. The van der Waals surface area contributed by atoms with Crippen LogP contribution in [-0.2, 0) is 28.5 Å². The molecular weight excluding hydrogens is 1320 g/mol. The van der Waals surface area contributed by atoms with Crippen LogP contribution in [0.25, 0.3) is 0 Å². The van der Waals surface area contributed by atoms with Crippen molar-refractivity contribution in [2.75, 3.05) is 0 Å². The van der Waals surface area contributed by atoms with E-state index in [0.29, 0.717) is 0 Å². The molecule has 0 rings (SSSR count). The summed E-state index contributed by atoms with van der Waals surface area (Å²) >= 11 is 0. The van der Waals surface area contributed by atoms with E-state index in [1.807, 2.05) is 0 Å². The van der Waals surface area contributed by atoms with Crippen LogP contribution in [0.3, 0.4) is 0 Å². The van der Waals surface area contributed by atoms with Crippen molar-refractivity contribution in [2.24, 2.45) is 0 Å². The summed E-state index contributed by atoms with van der Waals surface area (Å²) in [7, 11) is 0. The molecule has 0 aromatic rings. The van der Waals surface area contributed by atoms with Gasteiger partial charge in [-0.3, -0.25) is 28.5 Å². The first-order valence-corrected chi connectivity index (χ1v) is 16.5. The second kappa shape index (κ2) is 20.9. The molecule has 0 aliphatic rings. The van der Waals surface area contributed by atoms with Gasteiger partial charge in [-0.2, -0.15) is 211 Å². The Morgan fingerprint density at radius 1 is 0.225 bits per heavy atom. The van der Waals surface area contributed by atoms with Crippen molar-refractivity contribution < 1.29 is 239 Å². The second-order valence-corrected chi connectivity index (χ2v) is 13.7. The van der Waals surface area contributed by atoms with Gasteiger partial charge in [0.15, 0.2) is 0 Å². The zero-order valence-corrected chi connectivity index (χ0v) is 34.0. The molecule has 0 radical (unpaired) electrons. The average Bonchev–Trinajstić information content (AvgIpc) is 3.12. The van der Waals surface area contributed by atoms with Gasteiger partial charge < -0.3 is 0 Å². The lowest BCUT2D eigenvalue weighted by Gasteiger charge is -2.42. The van der Waals surface area contributed by atoms with Gasteiger partial charge in [-0.15, -0.1) is 0 Å². The Labute approximate surface area is 398 Å². The number of halogens is 48. The Hall–Kier alpha value is -4.18. The lowest BCUT2D eigenvalue weighted by atomic mass is 9.96. The lowest BCUT2D eigenvalue weighted by Crippen LogP contribution is -2.69. The molecular formula is C26H4F48O6. The van der Waals surface area contributed by atoms with Gasteiger partial charge in [-0.05, 0) is 0 Å². The molecule has 4 atom stereocenters. The van der Waals surface area contributed by atoms with Crippen LogP contribution in [0.15, 0.2) is 0 Å². The zero-order valence-electron chi connectivity index (χ0n) is 34.0. The molecule has 0 N–H and O–H groups in total. The van der Waals surface area contributed by atoms with Gasteiger partial charge in [-0.25, -0.2) is 0 Å². The van der Waals surface area contributed by atoms with E-state index in [9.17, 15) is 220 Å². The highest BCUT2D eigenvalue weighted by molar-refractivity contribution is 6.05. The fourth-order valence-corrected chi connectivity index (χ4v) is 3.73. The van der Waals surface area contributed by atoms with Crippen molar-refractivity contribution in [1.29, 1.82) is 0 Å². The van der Waals surface area contributed by atoms with Crippen LogP contribution in [0, 0.1) is 0 Å². The fourth-order valence-electron chi connectivity index (χ4n) is 3.73. The summed E-state index contributed by atoms with van der Waals surface area (Å²) < 4.78 is 618. The predicted molar refractivity (Wildman–Crippen MR) is 137 cm³/mol. The first-order valence-electron chi connectivity index (χ1n) is 16.5. The molecule has 0 aliphatic heterocycles.